The molecule has 2 nitrogen and oxygen atoms in total. The summed E-state index contributed by atoms with van der Waals surface area (Å²) in [5, 5.41) is 7.69. The molecule has 0 saturated heterocycles. The Labute approximate surface area is 182 Å². The van der Waals surface area contributed by atoms with Crippen molar-refractivity contribution in [1.29, 1.82) is 5.26 Å². The second-order valence-corrected chi connectivity index (χ2v) is 8.54. The fraction of sp³-hybridized carbons (Fsp3) is 0.500. The molecule has 0 aliphatic heterocycles. The van der Waals surface area contributed by atoms with Gasteiger partial charge >= 0.3 is 0 Å². The van der Waals surface area contributed by atoms with E-state index in [0.29, 0.717) is 17.3 Å². The summed E-state index contributed by atoms with van der Waals surface area (Å²) in [6.45, 7) is 8.43. The van der Waals surface area contributed by atoms with Crippen LogP contribution < -0.4 is 0 Å². The molecule has 2 aromatic rings. The first kappa shape index (κ1) is 23.5. The minimum Gasteiger partial charge on any atom is -0.300 e. The van der Waals surface area contributed by atoms with Gasteiger partial charge in [0.1, 0.15) is 0 Å². The molecule has 0 N–H and O–H groups in total. The molecular weight excluding hydrogens is 376 g/mol. The van der Waals surface area contributed by atoms with Crippen molar-refractivity contribution in [1.82, 2.24) is 4.90 Å². The zero-order valence-corrected chi connectivity index (χ0v) is 18.9. The van der Waals surface area contributed by atoms with Crippen LogP contribution in [0.1, 0.15) is 62.6 Å². The average Bonchev–Trinajstić information content (AvgIpc) is 3.47. The molecule has 1 aliphatic carbocycles. The maximum atomic E-state index is 7.32. The number of nitriles is 1. The minimum absolute atomic E-state index is 0.369. The third kappa shape index (κ3) is 8.21. The Balaban J connectivity index is 0.000000941. The summed E-state index contributed by atoms with van der Waals surface area (Å²) in [6, 6.07) is 22.4. The van der Waals surface area contributed by atoms with Crippen molar-refractivity contribution in [2.45, 2.75) is 70.2 Å². The molecular formula is C26H35ClN2. The molecule has 156 valence electrons. The number of hydrogen-bond donors (Lipinski definition) is 0. The molecule has 0 bridgehead atoms. The lowest BCUT2D eigenvalue weighted by Gasteiger charge is -2.29. The van der Waals surface area contributed by atoms with Crippen LogP contribution in [-0.2, 0) is 12.8 Å². The van der Waals surface area contributed by atoms with Crippen LogP contribution in [0.15, 0.2) is 54.6 Å². The highest BCUT2D eigenvalue weighted by Gasteiger charge is 2.36. The largest absolute Gasteiger partial charge is 0.300 e. The van der Waals surface area contributed by atoms with Crippen LogP contribution in [-0.4, -0.2) is 29.4 Å². The molecule has 3 unspecified atom stereocenters. The van der Waals surface area contributed by atoms with Gasteiger partial charge < -0.3 is 4.90 Å². The molecule has 1 saturated carbocycles. The van der Waals surface area contributed by atoms with Gasteiger partial charge in [0.05, 0.1) is 6.07 Å². The Morgan fingerprint density at radius 3 is 2.17 bits per heavy atom. The van der Waals surface area contributed by atoms with Crippen molar-refractivity contribution in [3.05, 3.63) is 71.3 Å². The van der Waals surface area contributed by atoms with E-state index in [1.165, 1.54) is 43.0 Å². The first-order chi connectivity index (χ1) is 14.1. The van der Waals surface area contributed by atoms with Gasteiger partial charge in [0.2, 0.25) is 0 Å². The number of benzene rings is 2. The summed E-state index contributed by atoms with van der Waals surface area (Å²) >= 11 is 6.16. The maximum Gasteiger partial charge on any atom is 0.0587 e. The van der Waals surface area contributed by atoms with E-state index >= 15 is 0 Å². The predicted octanol–water partition coefficient (Wildman–Crippen LogP) is 6.59. The van der Waals surface area contributed by atoms with E-state index in [1.54, 1.807) is 6.07 Å². The van der Waals surface area contributed by atoms with Gasteiger partial charge in [-0.25, -0.2) is 0 Å². The number of aryl methyl sites for hydroxylation is 1. The van der Waals surface area contributed by atoms with Crippen LogP contribution in [0, 0.1) is 11.3 Å². The van der Waals surface area contributed by atoms with Crippen LogP contribution in [0.5, 0.6) is 0 Å². The monoisotopic (exact) mass is 410 g/mol. The standard InChI is InChI=1S/C24H32ClN.C2H3N/c1-3-16-26(17-15-20-7-5-4-6-8-20)19(2)9-10-21-11-13-22(14-12-21)23-18-24(23)25;1-2-3/h4-8,11-14,19,23-24H,3,9-10,15-18H2,1-2H3;1H3. The molecule has 0 radical (unpaired) electrons. The van der Waals surface area contributed by atoms with Gasteiger partial charge in [-0.1, -0.05) is 61.5 Å². The Bertz CT molecular complexity index is 736. The highest BCUT2D eigenvalue weighted by Crippen LogP contribution is 2.45. The average molecular weight is 411 g/mol. The normalized spacial score (nSPS) is 18.5. The Hall–Kier alpha value is -1.82. The van der Waals surface area contributed by atoms with Crippen LogP contribution in [0.2, 0.25) is 0 Å². The van der Waals surface area contributed by atoms with Crippen molar-refractivity contribution >= 4 is 11.6 Å². The third-order valence-electron chi connectivity index (χ3n) is 5.64. The summed E-state index contributed by atoms with van der Waals surface area (Å²) in [7, 11) is 0. The zero-order valence-electron chi connectivity index (χ0n) is 18.2. The van der Waals surface area contributed by atoms with Crippen LogP contribution in [0.25, 0.3) is 0 Å². The van der Waals surface area contributed by atoms with Gasteiger partial charge in [-0.2, -0.15) is 5.26 Å². The molecule has 2 aromatic carbocycles. The Morgan fingerprint density at radius 1 is 1.03 bits per heavy atom. The quantitative estimate of drug-likeness (QED) is 0.413. The van der Waals surface area contributed by atoms with E-state index in [1.807, 2.05) is 0 Å². The van der Waals surface area contributed by atoms with Crippen LogP contribution in [0.3, 0.4) is 0 Å². The van der Waals surface area contributed by atoms with Crippen molar-refractivity contribution in [2.24, 2.45) is 0 Å². The number of alkyl halides is 1. The summed E-state index contributed by atoms with van der Waals surface area (Å²) in [5.41, 5.74) is 4.30. The molecule has 3 heteroatoms. The van der Waals surface area contributed by atoms with Gasteiger partial charge in [0.25, 0.3) is 0 Å². The maximum absolute atomic E-state index is 7.32. The number of rotatable bonds is 10. The zero-order chi connectivity index (χ0) is 21.1. The second kappa shape index (κ2) is 12.7. The predicted molar refractivity (Wildman–Crippen MR) is 125 cm³/mol. The lowest BCUT2D eigenvalue weighted by molar-refractivity contribution is 0.202. The molecule has 3 rings (SSSR count). The summed E-state index contributed by atoms with van der Waals surface area (Å²) in [6.07, 6.45) is 5.87. The second-order valence-electron chi connectivity index (χ2n) is 7.98. The lowest BCUT2D eigenvalue weighted by Crippen LogP contribution is -2.35. The molecule has 0 aromatic heterocycles. The highest BCUT2D eigenvalue weighted by molar-refractivity contribution is 6.23. The molecule has 29 heavy (non-hydrogen) atoms. The van der Waals surface area contributed by atoms with Crippen molar-refractivity contribution in [3.63, 3.8) is 0 Å². The third-order valence-corrected chi connectivity index (χ3v) is 6.12. The van der Waals surface area contributed by atoms with Gasteiger partial charge in [-0.05, 0) is 62.3 Å². The summed E-state index contributed by atoms with van der Waals surface area (Å²) in [4.78, 5) is 2.66. The topological polar surface area (TPSA) is 27.0 Å². The SMILES string of the molecule is CC#N.CCCN(CCc1ccccc1)C(C)CCc1ccc(C2CC2Cl)cc1. The Kier molecular flexibility index (Phi) is 10.3. The first-order valence-electron chi connectivity index (χ1n) is 10.9. The fourth-order valence-electron chi connectivity index (χ4n) is 3.76. The van der Waals surface area contributed by atoms with E-state index in [0.717, 1.165) is 25.8 Å². The summed E-state index contributed by atoms with van der Waals surface area (Å²) < 4.78 is 0. The molecule has 0 heterocycles. The van der Waals surface area contributed by atoms with Crippen molar-refractivity contribution in [2.75, 3.05) is 13.1 Å². The van der Waals surface area contributed by atoms with E-state index in [4.69, 9.17) is 16.9 Å². The van der Waals surface area contributed by atoms with E-state index < -0.39 is 0 Å². The number of hydrogen-bond acceptors (Lipinski definition) is 2. The molecule has 1 aliphatic rings. The molecule has 3 atom stereocenters. The fourth-order valence-corrected chi connectivity index (χ4v) is 4.09. The smallest absolute Gasteiger partial charge is 0.0587 e. The minimum atomic E-state index is 0.369. The first-order valence-corrected chi connectivity index (χ1v) is 11.3. The molecule has 0 spiro atoms. The number of nitrogens with zero attached hydrogens (tertiary/aromatic N) is 2. The van der Waals surface area contributed by atoms with Gasteiger partial charge in [-0.15, -0.1) is 11.6 Å². The van der Waals surface area contributed by atoms with E-state index in [2.05, 4.69) is 73.3 Å². The highest BCUT2D eigenvalue weighted by atomic mass is 35.5. The van der Waals surface area contributed by atoms with Gasteiger partial charge in [0, 0.05) is 30.8 Å². The summed E-state index contributed by atoms with van der Waals surface area (Å²) in [5.74, 6) is 0.600. The van der Waals surface area contributed by atoms with Crippen LogP contribution >= 0.6 is 11.6 Å². The van der Waals surface area contributed by atoms with Gasteiger partial charge in [-0.3, -0.25) is 0 Å². The van der Waals surface area contributed by atoms with Crippen molar-refractivity contribution < 1.29 is 0 Å². The van der Waals surface area contributed by atoms with E-state index in [9.17, 15) is 0 Å². The number of halogens is 1. The van der Waals surface area contributed by atoms with Crippen molar-refractivity contribution in [3.8, 4) is 6.07 Å². The van der Waals surface area contributed by atoms with Crippen LogP contribution in [0.4, 0.5) is 0 Å². The Morgan fingerprint density at radius 2 is 1.62 bits per heavy atom. The molecule has 1 fully saturated rings. The lowest BCUT2D eigenvalue weighted by atomic mass is 10.0. The van der Waals surface area contributed by atoms with E-state index in [-0.39, 0.29) is 0 Å². The van der Waals surface area contributed by atoms with Gasteiger partial charge in [0.15, 0.2) is 0 Å². The molecule has 0 amide bonds.